The Kier molecular flexibility index (Phi) is 18.9. The van der Waals surface area contributed by atoms with E-state index < -0.39 is 0 Å². The Morgan fingerprint density at radius 3 is 0.833 bits per heavy atom. The van der Waals surface area contributed by atoms with E-state index in [4.69, 9.17) is 10.2 Å². The van der Waals surface area contributed by atoms with Gasteiger partial charge in [0.25, 0.3) is 0 Å². The summed E-state index contributed by atoms with van der Waals surface area (Å²) in [6.07, 6.45) is 0.796. The second-order valence-corrected chi connectivity index (χ2v) is 3.62. The third-order valence-electron chi connectivity index (χ3n) is 1.27. The molecular formula is C12H22O6. The molecule has 0 spiro atoms. The van der Waals surface area contributed by atoms with Gasteiger partial charge in [0.05, 0.1) is 0 Å². The van der Waals surface area contributed by atoms with E-state index in [0.29, 0.717) is 12.8 Å². The van der Waals surface area contributed by atoms with E-state index in [9.17, 15) is 19.2 Å². The lowest BCUT2D eigenvalue weighted by Crippen LogP contribution is -1.95. The topological polar surface area (TPSA) is 109 Å². The Labute approximate surface area is 107 Å². The fourth-order valence-corrected chi connectivity index (χ4v) is 0.352. The fraction of sp³-hybridized carbons (Fsp3) is 0.667. The average Bonchev–Trinajstić information content (AvgIpc) is 2.27. The van der Waals surface area contributed by atoms with Crippen LogP contribution in [0.3, 0.4) is 0 Å². The van der Waals surface area contributed by atoms with Crippen molar-refractivity contribution in [1.82, 2.24) is 0 Å². The molecule has 0 unspecified atom stereocenters. The molecule has 0 heterocycles. The Hall–Kier alpha value is -1.40. The van der Waals surface area contributed by atoms with Gasteiger partial charge in [-0.3, -0.25) is 9.59 Å². The van der Waals surface area contributed by atoms with Crippen LogP contribution in [0.1, 0.15) is 40.5 Å². The van der Waals surface area contributed by atoms with Crippen LogP contribution in [0, 0.1) is 0 Å². The van der Waals surface area contributed by atoms with Crippen LogP contribution < -0.4 is 0 Å². The molecule has 18 heavy (non-hydrogen) atoms. The van der Waals surface area contributed by atoms with Crippen molar-refractivity contribution in [3.63, 3.8) is 0 Å². The van der Waals surface area contributed by atoms with Gasteiger partial charge >= 0.3 is 0 Å². The molecule has 106 valence electrons. The minimum absolute atomic E-state index is 0.0835. The van der Waals surface area contributed by atoms with Gasteiger partial charge in [0, 0.05) is 12.8 Å². The monoisotopic (exact) mass is 262 g/mol. The number of hydrogen-bond acceptors (Lipinski definition) is 6. The van der Waals surface area contributed by atoms with E-state index in [1.54, 1.807) is 0 Å². The summed E-state index contributed by atoms with van der Waals surface area (Å²) >= 11 is 0. The Morgan fingerprint density at radius 1 is 0.611 bits per heavy atom. The molecule has 6 heteroatoms. The molecule has 0 atom stereocenters. The lowest BCUT2D eigenvalue weighted by Gasteiger charge is -1.86. The first-order valence-electron chi connectivity index (χ1n) is 5.36. The second kappa shape index (κ2) is 15.6. The third-order valence-corrected chi connectivity index (χ3v) is 1.27. The number of ketones is 4. The number of hydrogen-bond donors (Lipinski definition) is 2. The van der Waals surface area contributed by atoms with Crippen LogP contribution in [-0.4, -0.2) is 46.6 Å². The zero-order valence-corrected chi connectivity index (χ0v) is 11.4. The zero-order valence-electron chi connectivity index (χ0n) is 11.4. The van der Waals surface area contributed by atoms with Gasteiger partial charge in [-0.1, -0.05) is 0 Å². The van der Waals surface area contributed by atoms with Gasteiger partial charge < -0.3 is 19.8 Å². The number of carbonyl (C=O) groups excluding carboxylic acids is 4. The second-order valence-electron chi connectivity index (χ2n) is 3.62. The molecule has 0 aromatic rings. The molecule has 0 rings (SSSR count). The molecule has 0 aromatic carbocycles. The van der Waals surface area contributed by atoms with E-state index in [1.807, 2.05) is 0 Å². The van der Waals surface area contributed by atoms with E-state index in [1.165, 1.54) is 27.7 Å². The van der Waals surface area contributed by atoms with E-state index in [-0.39, 0.29) is 36.3 Å². The molecule has 0 aliphatic carbocycles. The standard InChI is InChI=1S/C6H10O2.2C3H6O2/c1-5(7)3-4-6(2)8;2*1-3(5)2-4/h3-4H2,1-2H3;2*4H,2H2,1H3. The molecule has 2 N–H and O–H groups in total. The molecule has 0 fully saturated rings. The van der Waals surface area contributed by atoms with Crippen molar-refractivity contribution in [3.05, 3.63) is 0 Å². The molecule has 6 nitrogen and oxygen atoms in total. The predicted molar refractivity (Wildman–Crippen MR) is 66.1 cm³/mol. The lowest BCUT2D eigenvalue weighted by atomic mass is 10.2. The number of rotatable bonds is 5. The number of Topliss-reactive ketones (excluding diaryl/α,β-unsaturated/α-hetero) is 4. The molecule has 0 aromatic heterocycles. The van der Waals surface area contributed by atoms with Crippen LogP contribution in [0.5, 0.6) is 0 Å². The van der Waals surface area contributed by atoms with Crippen molar-refractivity contribution < 1.29 is 29.4 Å². The first kappa shape index (κ1) is 21.8. The van der Waals surface area contributed by atoms with E-state index >= 15 is 0 Å². The van der Waals surface area contributed by atoms with Gasteiger partial charge in [-0.2, -0.15) is 0 Å². The van der Waals surface area contributed by atoms with Crippen LogP contribution in [0.15, 0.2) is 0 Å². The molecule has 0 bridgehead atoms. The molecule has 0 radical (unpaired) electrons. The number of carbonyl (C=O) groups is 4. The molecule has 0 saturated heterocycles. The van der Waals surface area contributed by atoms with E-state index in [2.05, 4.69) is 0 Å². The quantitative estimate of drug-likeness (QED) is 0.726. The maximum Gasteiger partial charge on any atom is 0.155 e. The van der Waals surface area contributed by atoms with Crippen LogP contribution in [0.2, 0.25) is 0 Å². The third kappa shape index (κ3) is 46.8. The summed E-state index contributed by atoms with van der Waals surface area (Å²) in [6, 6.07) is 0. The summed E-state index contributed by atoms with van der Waals surface area (Å²) < 4.78 is 0. The van der Waals surface area contributed by atoms with Crippen LogP contribution in [-0.2, 0) is 19.2 Å². The van der Waals surface area contributed by atoms with Gasteiger partial charge in [-0.15, -0.1) is 0 Å². The zero-order chi connectivity index (χ0) is 15.1. The van der Waals surface area contributed by atoms with E-state index in [0.717, 1.165) is 0 Å². The van der Waals surface area contributed by atoms with Crippen molar-refractivity contribution in [2.24, 2.45) is 0 Å². The van der Waals surface area contributed by atoms with Gasteiger partial charge in [-0.25, -0.2) is 0 Å². The lowest BCUT2D eigenvalue weighted by molar-refractivity contribution is -0.122. The molecular weight excluding hydrogens is 240 g/mol. The first-order valence-corrected chi connectivity index (χ1v) is 5.36. The SMILES string of the molecule is CC(=O)CCC(C)=O.CC(=O)CO.CC(=O)CO. The van der Waals surface area contributed by atoms with Crippen LogP contribution in [0.4, 0.5) is 0 Å². The molecule has 0 amide bonds. The largest absolute Gasteiger partial charge is 0.389 e. The van der Waals surface area contributed by atoms with Crippen LogP contribution >= 0.6 is 0 Å². The summed E-state index contributed by atoms with van der Waals surface area (Å²) in [4.78, 5) is 39.5. The average molecular weight is 262 g/mol. The maximum atomic E-state index is 10.2. The normalized spacial score (nSPS) is 8.11. The molecule has 0 saturated carbocycles. The highest BCUT2D eigenvalue weighted by Crippen LogP contribution is 1.89. The van der Waals surface area contributed by atoms with Gasteiger partial charge in [0.1, 0.15) is 24.8 Å². The number of aliphatic hydroxyl groups excluding tert-OH is 2. The highest BCUT2D eigenvalue weighted by Gasteiger charge is 1.95. The smallest absolute Gasteiger partial charge is 0.155 e. The highest BCUT2D eigenvalue weighted by atomic mass is 16.3. The van der Waals surface area contributed by atoms with Crippen molar-refractivity contribution in [2.45, 2.75) is 40.5 Å². The molecule has 0 aliphatic heterocycles. The minimum atomic E-state index is -0.333. The van der Waals surface area contributed by atoms with Crippen LogP contribution in [0.25, 0.3) is 0 Å². The summed E-state index contributed by atoms with van der Waals surface area (Å²) in [5, 5.41) is 15.6. The highest BCUT2D eigenvalue weighted by molar-refractivity contribution is 5.83. The van der Waals surface area contributed by atoms with Crippen molar-refractivity contribution in [2.75, 3.05) is 13.2 Å². The maximum absolute atomic E-state index is 10.2. The molecule has 0 aliphatic rings. The van der Waals surface area contributed by atoms with Gasteiger partial charge in [-0.05, 0) is 27.7 Å². The van der Waals surface area contributed by atoms with Crippen molar-refractivity contribution in [3.8, 4) is 0 Å². The Morgan fingerprint density at radius 2 is 0.778 bits per heavy atom. The van der Waals surface area contributed by atoms with Crippen molar-refractivity contribution >= 4 is 23.1 Å². The summed E-state index contributed by atoms with van der Waals surface area (Å²) in [5.41, 5.74) is 0. The fourth-order valence-electron chi connectivity index (χ4n) is 0.352. The first-order chi connectivity index (χ1) is 8.17. The summed E-state index contributed by atoms with van der Waals surface area (Å²) in [7, 11) is 0. The number of aliphatic hydroxyl groups is 2. The Balaban J connectivity index is -0.000000197. The van der Waals surface area contributed by atoms with Gasteiger partial charge in [0.15, 0.2) is 11.6 Å². The summed E-state index contributed by atoms with van der Waals surface area (Å²) in [6.45, 7) is 4.98. The predicted octanol–water partition coefficient (Wildman–Crippen LogP) is 0.0800. The Bertz CT molecular complexity index is 242. The van der Waals surface area contributed by atoms with Crippen molar-refractivity contribution in [1.29, 1.82) is 0 Å². The van der Waals surface area contributed by atoms with Gasteiger partial charge in [0.2, 0.25) is 0 Å². The minimum Gasteiger partial charge on any atom is -0.389 e. The summed E-state index contributed by atoms with van der Waals surface area (Å²) in [5.74, 6) is -0.213.